The lowest BCUT2D eigenvalue weighted by Gasteiger charge is -2.16. The normalized spacial score (nSPS) is 20.4. The molecule has 1 fully saturated rings. The molecule has 0 saturated carbocycles. The summed E-state index contributed by atoms with van der Waals surface area (Å²) in [4.78, 5) is 2.48. The molecule has 100 valence electrons. The van der Waals surface area contributed by atoms with Gasteiger partial charge in [-0.05, 0) is 56.1 Å². The Morgan fingerprint density at radius 3 is 2.83 bits per heavy atom. The summed E-state index contributed by atoms with van der Waals surface area (Å²) in [5, 5.41) is 3.39. The Kier molecular flexibility index (Phi) is 5.14. The molecule has 2 rings (SSSR count). The molecule has 0 spiro atoms. The van der Waals surface area contributed by atoms with Crippen molar-refractivity contribution in [2.75, 3.05) is 26.2 Å². The van der Waals surface area contributed by atoms with Crippen LogP contribution in [-0.4, -0.2) is 31.1 Å². The lowest BCUT2D eigenvalue weighted by molar-refractivity contribution is 0.312. The third-order valence-corrected chi connectivity index (χ3v) is 3.67. The third-order valence-electron chi connectivity index (χ3n) is 3.67. The van der Waals surface area contributed by atoms with E-state index < -0.39 is 0 Å². The molecule has 1 aliphatic heterocycles. The fourth-order valence-corrected chi connectivity index (χ4v) is 2.62. The Bertz CT molecular complexity index is 350. The zero-order valence-corrected chi connectivity index (χ0v) is 11.2. The summed E-state index contributed by atoms with van der Waals surface area (Å²) in [5.41, 5.74) is 1.21. The Morgan fingerprint density at radius 1 is 1.33 bits per heavy atom. The van der Waals surface area contributed by atoms with Crippen LogP contribution in [0.15, 0.2) is 24.3 Å². The first-order valence-corrected chi connectivity index (χ1v) is 6.95. The summed E-state index contributed by atoms with van der Waals surface area (Å²) >= 11 is 0. The molecular formula is C15H23FN2. The standard InChI is InChI=1S/C15H23FN2/c1-2-17-9-7-14-8-10-18(12-14)11-13-3-5-15(16)6-4-13/h3-6,14,17H,2,7-12H2,1H3. The number of nitrogens with one attached hydrogen (secondary N) is 1. The van der Waals surface area contributed by atoms with E-state index in [9.17, 15) is 4.39 Å². The predicted molar refractivity (Wildman–Crippen MR) is 72.9 cm³/mol. The number of rotatable bonds is 6. The van der Waals surface area contributed by atoms with Crippen LogP contribution in [0, 0.1) is 11.7 Å². The summed E-state index contributed by atoms with van der Waals surface area (Å²) in [6.07, 6.45) is 2.57. The summed E-state index contributed by atoms with van der Waals surface area (Å²) in [6, 6.07) is 6.88. The summed E-state index contributed by atoms with van der Waals surface area (Å²) < 4.78 is 12.8. The molecule has 1 N–H and O–H groups in total. The van der Waals surface area contributed by atoms with Gasteiger partial charge in [-0.1, -0.05) is 19.1 Å². The van der Waals surface area contributed by atoms with Crippen molar-refractivity contribution < 1.29 is 4.39 Å². The molecule has 18 heavy (non-hydrogen) atoms. The van der Waals surface area contributed by atoms with E-state index in [0.717, 1.165) is 25.6 Å². The maximum atomic E-state index is 12.8. The molecule has 1 heterocycles. The molecule has 3 heteroatoms. The van der Waals surface area contributed by atoms with Gasteiger partial charge in [-0.3, -0.25) is 4.90 Å². The highest BCUT2D eigenvalue weighted by molar-refractivity contribution is 5.16. The van der Waals surface area contributed by atoms with Crippen LogP contribution in [0.2, 0.25) is 0 Å². The van der Waals surface area contributed by atoms with Crippen LogP contribution in [0.1, 0.15) is 25.3 Å². The average Bonchev–Trinajstić information content (AvgIpc) is 2.80. The number of hydrogen-bond donors (Lipinski definition) is 1. The number of halogens is 1. The van der Waals surface area contributed by atoms with Crippen LogP contribution in [-0.2, 0) is 6.54 Å². The van der Waals surface area contributed by atoms with Gasteiger partial charge in [0.25, 0.3) is 0 Å². The van der Waals surface area contributed by atoms with Crippen molar-refractivity contribution in [3.63, 3.8) is 0 Å². The quantitative estimate of drug-likeness (QED) is 0.781. The molecule has 1 aliphatic rings. The van der Waals surface area contributed by atoms with Crippen LogP contribution in [0.3, 0.4) is 0 Å². The zero-order valence-electron chi connectivity index (χ0n) is 11.2. The Balaban J connectivity index is 1.73. The maximum absolute atomic E-state index is 12.8. The van der Waals surface area contributed by atoms with Crippen LogP contribution in [0.4, 0.5) is 4.39 Å². The topological polar surface area (TPSA) is 15.3 Å². The summed E-state index contributed by atoms with van der Waals surface area (Å²) in [5.74, 6) is 0.674. The van der Waals surface area contributed by atoms with Crippen molar-refractivity contribution in [1.82, 2.24) is 10.2 Å². The van der Waals surface area contributed by atoms with Gasteiger partial charge < -0.3 is 5.32 Å². The molecule has 0 aromatic heterocycles. The molecular weight excluding hydrogens is 227 g/mol. The van der Waals surface area contributed by atoms with E-state index in [4.69, 9.17) is 0 Å². The minimum atomic E-state index is -0.149. The first kappa shape index (κ1) is 13.5. The molecule has 2 nitrogen and oxygen atoms in total. The van der Waals surface area contributed by atoms with Gasteiger partial charge in [0, 0.05) is 13.1 Å². The van der Waals surface area contributed by atoms with Crippen molar-refractivity contribution in [1.29, 1.82) is 0 Å². The lowest BCUT2D eigenvalue weighted by atomic mass is 10.1. The Morgan fingerprint density at radius 2 is 2.11 bits per heavy atom. The number of nitrogens with zero attached hydrogens (tertiary/aromatic N) is 1. The van der Waals surface area contributed by atoms with E-state index in [1.165, 1.54) is 31.5 Å². The molecule has 1 atom stereocenters. The van der Waals surface area contributed by atoms with Gasteiger partial charge in [0.15, 0.2) is 0 Å². The first-order chi connectivity index (χ1) is 8.78. The smallest absolute Gasteiger partial charge is 0.123 e. The van der Waals surface area contributed by atoms with E-state index in [2.05, 4.69) is 17.1 Å². The van der Waals surface area contributed by atoms with Crippen molar-refractivity contribution in [3.05, 3.63) is 35.6 Å². The monoisotopic (exact) mass is 250 g/mol. The van der Waals surface area contributed by atoms with Crippen molar-refractivity contribution in [2.24, 2.45) is 5.92 Å². The van der Waals surface area contributed by atoms with Crippen LogP contribution in [0.25, 0.3) is 0 Å². The van der Waals surface area contributed by atoms with E-state index in [1.54, 1.807) is 12.1 Å². The molecule has 1 unspecified atom stereocenters. The second-order valence-corrected chi connectivity index (χ2v) is 5.16. The van der Waals surface area contributed by atoms with Gasteiger partial charge in [-0.2, -0.15) is 0 Å². The molecule has 0 amide bonds. The predicted octanol–water partition coefficient (Wildman–Crippen LogP) is 2.65. The minimum Gasteiger partial charge on any atom is -0.317 e. The van der Waals surface area contributed by atoms with Gasteiger partial charge in [0.2, 0.25) is 0 Å². The summed E-state index contributed by atoms with van der Waals surface area (Å²) in [6.45, 7) is 7.65. The van der Waals surface area contributed by atoms with Crippen LogP contribution in [0.5, 0.6) is 0 Å². The Hall–Kier alpha value is -0.930. The highest BCUT2D eigenvalue weighted by Gasteiger charge is 2.21. The third kappa shape index (κ3) is 4.07. The minimum absolute atomic E-state index is 0.149. The molecule has 0 aliphatic carbocycles. The largest absolute Gasteiger partial charge is 0.317 e. The molecule has 1 saturated heterocycles. The first-order valence-electron chi connectivity index (χ1n) is 6.95. The highest BCUT2D eigenvalue weighted by atomic mass is 19.1. The number of likely N-dealkylation sites (tertiary alicyclic amines) is 1. The van der Waals surface area contributed by atoms with E-state index in [-0.39, 0.29) is 5.82 Å². The fraction of sp³-hybridized carbons (Fsp3) is 0.600. The fourth-order valence-electron chi connectivity index (χ4n) is 2.62. The second-order valence-electron chi connectivity index (χ2n) is 5.16. The van der Waals surface area contributed by atoms with Crippen molar-refractivity contribution >= 4 is 0 Å². The van der Waals surface area contributed by atoms with Crippen molar-refractivity contribution in [2.45, 2.75) is 26.3 Å². The van der Waals surface area contributed by atoms with E-state index in [1.807, 2.05) is 12.1 Å². The lowest BCUT2D eigenvalue weighted by Crippen LogP contribution is -2.22. The Labute approximate surface area is 109 Å². The second kappa shape index (κ2) is 6.86. The van der Waals surface area contributed by atoms with Gasteiger partial charge >= 0.3 is 0 Å². The summed E-state index contributed by atoms with van der Waals surface area (Å²) in [7, 11) is 0. The van der Waals surface area contributed by atoms with Gasteiger partial charge in [0.1, 0.15) is 5.82 Å². The van der Waals surface area contributed by atoms with Gasteiger partial charge in [-0.15, -0.1) is 0 Å². The highest BCUT2D eigenvalue weighted by Crippen LogP contribution is 2.21. The molecule has 1 aromatic rings. The maximum Gasteiger partial charge on any atom is 0.123 e. The van der Waals surface area contributed by atoms with E-state index >= 15 is 0 Å². The molecule has 0 radical (unpaired) electrons. The SMILES string of the molecule is CCNCCC1CCN(Cc2ccc(F)cc2)C1. The van der Waals surface area contributed by atoms with Crippen molar-refractivity contribution in [3.8, 4) is 0 Å². The van der Waals surface area contributed by atoms with Gasteiger partial charge in [-0.25, -0.2) is 4.39 Å². The number of benzene rings is 1. The number of hydrogen-bond acceptors (Lipinski definition) is 2. The molecule has 0 bridgehead atoms. The van der Waals surface area contributed by atoms with Crippen LogP contribution < -0.4 is 5.32 Å². The molecule has 1 aromatic carbocycles. The van der Waals surface area contributed by atoms with Gasteiger partial charge in [0.05, 0.1) is 0 Å². The zero-order chi connectivity index (χ0) is 12.8. The van der Waals surface area contributed by atoms with Crippen LogP contribution >= 0.6 is 0 Å². The average molecular weight is 250 g/mol. The van der Waals surface area contributed by atoms with E-state index in [0.29, 0.717) is 0 Å².